The standard InChI is InChI=1S/C7H8O2S.H3N/c1-4-3-10-6(5(4)2)7(8)9;/h3H,1-2H3,(H,8,9);1H3. The van der Waals surface area contributed by atoms with E-state index in [1.807, 2.05) is 19.2 Å². The molecule has 3 nitrogen and oxygen atoms in total. The summed E-state index contributed by atoms with van der Waals surface area (Å²) < 4.78 is 0. The number of carboxylic acids is 1. The lowest BCUT2D eigenvalue weighted by atomic mass is 10.2. The Bertz CT molecular complexity index is 267. The molecular weight excluding hydrogens is 162 g/mol. The number of thiophene rings is 1. The summed E-state index contributed by atoms with van der Waals surface area (Å²) in [4.78, 5) is 10.9. The number of carbonyl (C=O) groups is 1. The highest BCUT2D eigenvalue weighted by Gasteiger charge is 2.09. The van der Waals surface area contributed by atoms with Crippen LogP contribution in [0.1, 0.15) is 20.8 Å². The molecule has 0 atom stereocenters. The number of aryl methyl sites for hydroxylation is 1. The molecule has 62 valence electrons. The first kappa shape index (κ1) is 10.1. The van der Waals surface area contributed by atoms with Crippen molar-refractivity contribution in [3.05, 3.63) is 21.4 Å². The molecule has 0 aliphatic rings. The van der Waals surface area contributed by atoms with Crippen LogP contribution in [0.5, 0.6) is 0 Å². The smallest absolute Gasteiger partial charge is 0.346 e. The lowest BCUT2D eigenvalue weighted by Gasteiger charge is -1.89. The van der Waals surface area contributed by atoms with Crippen LogP contribution in [-0.4, -0.2) is 11.1 Å². The van der Waals surface area contributed by atoms with Crippen LogP contribution in [0.15, 0.2) is 5.38 Å². The van der Waals surface area contributed by atoms with Gasteiger partial charge in [0.1, 0.15) is 4.88 Å². The Morgan fingerprint density at radius 2 is 2.09 bits per heavy atom. The molecule has 0 radical (unpaired) electrons. The zero-order chi connectivity index (χ0) is 7.72. The summed E-state index contributed by atoms with van der Waals surface area (Å²) >= 11 is 1.28. The summed E-state index contributed by atoms with van der Waals surface area (Å²) in [6.07, 6.45) is 0. The van der Waals surface area contributed by atoms with Crippen molar-refractivity contribution in [2.24, 2.45) is 0 Å². The normalized spacial score (nSPS) is 8.91. The van der Waals surface area contributed by atoms with E-state index >= 15 is 0 Å². The van der Waals surface area contributed by atoms with E-state index in [1.165, 1.54) is 11.3 Å². The van der Waals surface area contributed by atoms with Gasteiger partial charge < -0.3 is 11.3 Å². The molecular formula is C7H11NO2S. The SMILES string of the molecule is Cc1csc(C(=O)O)c1C.N. The highest BCUT2D eigenvalue weighted by molar-refractivity contribution is 7.12. The molecule has 0 saturated heterocycles. The molecule has 1 heterocycles. The zero-order valence-corrected chi connectivity index (χ0v) is 7.36. The number of hydrogen-bond donors (Lipinski definition) is 2. The molecule has 0 bridgehead atoms. The maximum Gasteiger partial charge on any atom is 0.346 e. The van der Waals surface area contributed by atoms with Crippen LogP contribution >= 0.6 is 11.3 Å². The van der Waals surface area contributed by atoms with Crippen LogP contribution in [0.4, 0.5) is 0 Å². The van der Waals surface area contributed by atoms with Crippen LogP contribution < -0.4 is 6.15 Å². The second-order valence-corrected chi connectivity index (χ2v) is 3.06. The Balaban J connectivity index is 0.000001000. The van der Waals surface area contributed by atoms with Crippen molar-refractivity contribution in [3.8, 4) is 0 Å². The monoisotopic (exact) mass is 173 g/mol. The summed E-state index contributed by atoms with van der Waals surface area (Å²) in [6.45, 7) is 3.74. The first-order valence-corrected chi connectivity index (χ1v) is 3.79. The maximum atomic E-state index is 10.4. The highest BCUT2D eigenvalue weighted by Crippen LogP contribution is 2.20. The third kappa shape index (κ3) is 1.78. The molecule has 0 spiro atoms. The van der Waals surface area contributed by atoms with E-state index in [-0.39, 0.29) is 6.15 Å². The molecule has 1 aromatic heterocycles. The minimum absolute atomic E-state index is 0. The summed E-state index contributed by atoms with van der Waals surface area (Å²) in [6, 6.07) is 0. The summed E-state index contributed by atoms with van der Waals surface area (Å²) in [5.41, 5.74) is 1.94. The topological polar surface area (TPSA) is 72.3 Å². The van der Waals surface area contributed by atoms with Crippen molar-refractivity contribution in [1.29, 1.82) is 0 Å². The van der Waals surface area contributed by atoms with Gasteiger partial charge in [0.2, 0.25) is 0 Å². The van der Waals surface area contributed by atoms with Gasteiger partial charge in [-0.15, -0.1) is 11.3 Å². The average Bonchev–Trinajstić information content (AvgIpc) is 2.14. The molecule has 1 rings (SSSR count). The van der Waals surface area contributed by atoms with E-state index in [1.54, 1.807) is 0 Å². The molecule has 4 heteroatoms. The number of aromatic carboxylic acids is 1. The first-order chi connectivity index (χ1) is 4.63. The van der Waals surface area contributed by atoms with Gasteiger partial charge in [0.15, 0.2) is 0 Å². The van der Waals surface area contributed by atoms with E-state index in [0.717, 1.165) is 11.1 Å². The molecule has 1 aromatic rings. The molecule has 0 saturated carbocycles. The van der Waals surface area contributed by atoms with Crippen molar-refractivity contribution < 1.29 is 9.90 Å². The largest absolute Gasteiger partial charge is 0.477 e. The van der Waals surface area contributed by atoms with Crippen LogP contribution in [0.2, 0.25) is 0 Å². The average molecular weight is 173 g/mol. The number of hydrogen-bond acceptors (Lipinski definition) is 3. The molecule has 0 aromatic carbocycles. The molecule has 0 aliphatic carbocycles. The fraction of sp³-hybridized carbons (Fsp3) is 0.286. The molecule has 0 unspecified atom stereocenters. The lowest BCUT2D eigenvalue weighted by Crippen LogP contribution is -1.94. The van der Waals surface area contributed by atoms with Crippen LogP contribution in [0, 0.1) is 13.8 Å². The summed E-state index contributed by atoms with van der Waals surface area (Å²) in [7, 11) is 0. The van der Waals surface area contributed by atoms with Gasteiger partial charge in [0.05, 0.1) is 0 Å². The number of rotatable bonds is 1. The van der Waals surface area contributed by atoms with Gasteiger partial charge in [-0.05, 0) is 30.4 Å². The predicted molar refractivity (Wildman–Crippen MR) is 45.8 cm³/mol. The fourth-order valence-corrected chi connectivity index (χ4v) is 1.62. The van der Waals surface area contributed by atoms with E-state index < -0.39 is 5.97 Å². The zero-order valence-electron chi connectivity index (χ0n) is 6.55. The fourth-order valence-electron chi connectivity index (χ4n) is 0.714. The third-order valence-corrected chi connectivity index (χ3v) is 2.67. The first-order valence-electron chi connectivity index (χ1n) is 2.91. The maximum absolute atomic E-state index is 10.4. The highest BCUT2D eigenvalue weighted by atomic mass is 32.1. The van der Waals surface area contributed by atoms with Crippen LogP contribution in [0.25, 0.3) is 0 Å². The van der Waals surface area contributed by atoms with Crippen molar-refractivity contribution >= 4 is 17.3 Å². The van der Waals surface area contributed by atoms with Crippen molar-refractivity contribution in [2.75, 3.05) is 0 Å². The second-order valence-electron chi connectivity index (χ2n) is 2.18. The van der Waals surface area contributed by atoms with Gasteiger partial charge in [-0.1, -0.05) is 0 Å². The van der Waals surface area contributed by atoms with Gasteiger partial charge in [-0.3, -0.25) is 0 Å². The van der Waals surface area contributed by atoms with Crippen molar-refractivity contribution in [3.63, 3.8) is 0 Å². The van der Waals surface area contributed by atoms with Gasteiger partial charge in [0, 0.05) is 0 Å². The minimum atomic E-state index is -0.824. The molecule has 0 amide bonds. The van der Waals surface area contributed by atoms with Gasteiger partial charge >= 0.3 is 5.97 Å². The Morgan fingerprint density at radius 1 is 1.55 bits per heavy atom. The quantitative estimate of drug-likeness (QED) is 0.684. The summed E-state index contributed by atoms with van der Waals surface area (Å²) in [5, 5.41) is 10.4. The van der Waals surface area contributed by atoms with Gasteiger partial charge in [0.25, 0.3) is 0 Å². The minimum Gasteiger partial charge on any atom is -0.477 e. The van der Waals surface area contributed by atoms with Gasteiger partial charge in [-0.2, -0.15) is 0 Å². The third-order valence-electron chi connectivity index (χ3n) is 1.48. The Hall–Kier alpha value is -0.870. The van der Waals surface area contributed by atoms with Crippen molar-refractivity contribution in [2.45, 2.75) is 13.8 Å². The Kier molecular flexibility index (Phi) is 3.22. The van der Waals surface area contributed by atoms with Crippen LogP contribution in [-0.2, 0) is 0 Å². The summed E-state index contributed by atoms with van der Waals surface area (Å²) in [5.74, 6) is -0.824. The van der Waals surface area contributed by atoms with E-state index in [2.05, 4.69) is 0 Å². The predicted octanol–water partition coefficient (Wildman–Crippen LogP) is 2.23. The number of carboxylic acid groups (broad SMARTS) is 1. The second kappa shape index (κ2) is 3.50. The van der Waals surface area contributed by atoms with E-state index in [0.29, 0.717) is 4.88 Å². The Labute approximate surface area is 69.3 Å². The molecule has 4 N–H and O–H groups in total. The molecule has 0 fully saturated rings. The lowest BCUT2D eigenvalue weighted by molar-refractivity contribution is 0.0701. The Morgan fingerprint density at radius 3 is 2.27 bits per heavy atom. The van der Waals surface area contributed by atoms with Crippen LogP contribution in [0.3, 0.4) is 0 Å². The molecule has 0 aliphatic heterocycles. The van der Waals surface area contributed by atoms with E-state index in [4.69, 9.17) is 5.11 Å². The van der Waals surface area contributed by atoms with Gasteiger partial charge in [-0.25, -0.2) is 4.79 Å². The van der Waals surface area contributed by atoms with E-state index in [9.17, 15) is 4.79 Å². The molecule has 11 heavy (non-hydrogen) atoms. The van der Waals surface area contributed by atoms with Crippen molar-refractivity contribution in [1.82, 2.24) is 6.15 Å².